The first-order chi connectivity index (χ1) is 8.58. The molecule has 0 saturated carbocycles. The highest BCUT2D eigenvalue weighted by atomic mass is 35.5. The van der Waals surface area contributed by atoms with Gasteiger partial charge in [0.2, 0.25) is 5.91 Å². The second-order valence-electron chi connectivity index (χ2n) is 3.93. The number of primary amides is 1. The highest BCUT2D eigenvalue weighted by molar-refractivity contribution is 6.30. The molecule has 0 aliphatic rings. The summed E-state index contributed by atoms with van der Waals surface area (Å²) in [6.45, 7) is 0. The third kappa shape index (κ3) is 2.68. The minimum atomic E-state index is -0.558. The molecule has 2 nitrogen and oxygen atoms in total. The number of hydrogen-bond donors (Lipinski definition) is 1. The lowest BCUT2D eigenvalue weighted by atomic mass is 10.0. The maximum absolute atomic E-state index is 14.2. The van der Waals surface area contributed by atoms with Crippen LogP contribution in [0.15, 0.2) is 42.5 Å². The molecule has 0 fully saturated rings. The van der Waals surface area contributed by atoms with E-state index in [4.69, 9.17) is 17.3 Å². The molecule has 2 rings (SSSR count). The zero-order valence-electron chi connectivity index (χ0n) is 9.49. The maximum Gasteiger partial charge on any atom is 0.221 e. The molecule has 0 unspecified atom stereocenters. The predicted molar refractivity (Wildman–Crippen MR) is 69.7 cm³/mol. The van der Waals surface area contributed by atoms with Crippen molar-refractivity contribution in [1.29, 1.82) is 0 Å². The van der Waals surface area contributed by atoms with Gasteiger partial charge in [0, 0.05) is 10.6 Å². The first-order valence-electron chi connectivity index (χ1n) is 5.39. The Labute approximate surface area is 109 Å². The lowest BCUT2D eigenvalue weighted by Crippen LogP contribution is -2.14. The van der Waals surface area contributed by atoms with E-state index in [9.17, 15) is 9.18 Å². The van der Waals surface area contributed by atoms with Crippen molar-refractivity contribution >= 4 is 17.5 Å². The van der Waals surface area contributed by atoms with E-state index in [2.05, 4.69) is 0 Å². The Kier molecular flexibility index (Phi) is 3.63. The summed E-state index contributed by atoms with van der Waals surface area (Å²) in [5.74, 6) is -0.990. The molecule has 0 heterocycles. The second-order valence-corrected chi connectivity index (χ2v) is 4.37. The number of carbonyl (C=O) groups excluding carboxylic acids is 1. The topological polar surface area (TPSA) is 43.1 Å². The van der Waals surface area contributed by atoms with E-state index in [1.165, 1.54) is 0 Å². The van der Waals surface area contributed by atoms with Gasteiger partial charge in [0.25, 0.3) is 0 Å². The molecule has 0 aliphatic heterocycles. The third-order valence-corrected chi connectivity index (χ3v) is 2.81. The summed E-state index contributed by atoms with van der Waals surface area (Å²) in [6.07, 6.45) is -0.111. The Morgan fingerprint density at radius 1 is 1.22 bits per heavy atom. The van der Waals surface area contributed by atoms with Crippen molar-refractivity contribution in [3.63, 3.8) is 0 Å². The van der Waals surface area contributed by atoms with Crippen LogP contribution in [0.25, 0.3) is 11.1 Å². The molecular formula is C14H11ClFNO. The third-order valence-electron chi connectivity index (χ3n) is 2.58. The minimum absolute atomic E-state index is 0.111. The van der Waals surface area contributed by atoms with E-state index in [0.29, 0.717) is 21.7 Å². The van der Waals surface area contributed by atoms with E-state index in [-0.39, 0.29) is 6.42 Å². The molecule has 18 heavy (non-hydrogen) atoms. The van der Waals surface area contributed by atoms with Crippen molar-refractivity contribution < 1.29 is 9.18 Å². The highest BCUT2D eigenvalue weighted by Gasteiger charge is 2.11. The van der Waals surface area contributed by atoms with Gasteiger partial charge in [0.1, 0.15) is 5.82 Å². The van der Waals surface area contributed by atoms with Crippen LogP contribution >= 0.6 is 11.6 Å². The van der Waals surface area contributed by atoms with Gasteiger partial charge in [-0.05, 0) is 23.3 Å². The summed E-state index contributed by atoms with van der Waals surface area (Å²) in [4.78, 5) is 10.9. The van der Waals surface area contributed by atoms with Gasteiger partial charge in [-0.1, -0.05) is 41.9 Å². The van der Waals surface area contributed by atoms with Crippen molar-refractivity contribution in [3.8, 4) is 11.1 Å². The smallest absolute Gasteiger partial charge is 0.221 e. The molecule has 2 N–H and O–H groups in total. The average Bonchev–Trinajstić information content (AvgIpc) is 2.31. The van der Waals surface area contributed by atoms with E-state index in [1.54, 1.807) is 42.5 Å². The monoisotopic (exact) mass is 263 g/mol. The summed E-state index contributed by atoms with van der Waals surface area (Å²) < 4.78 is 14.2. The molecule has 2 aromatic carbocycles. The number of amides is 1. The van der Waals surface area contributed by atoms with Crippen molar-refractivity contribution in [3.05, 3.63) is 58.9 Å². The zero-order valence-corrected chi connectivity index (χ0v) is 10.2. The number of benzene rings is 2. The van der Waals surface area contributed by atoms with Crippen LogP contribution in [-0.2, 0) is 11.2 Å². The van der Waals surface area contributed by atoms with E-state index in [0.717, 1.165) is 0 Å². The molecule has 0 bridgehead atoms. The summed E-state index contributed by atoms with van der Waals surface area (Å²) in [5, 5.41) is 0.534. The van der Waals surface area contributed by atoms with Crippen LogP contribution in [0.5, 0.6) is 0 Å². The minimum Gasteiger partial charge on any atom is -0.369 e. The Bertz CT molecular complexity index is 598. The van der Waals surface area contributed by atoms with Gasteiger partial charge in [-0.15, -0.1) is 0 Å². The Morgan fingerprint density at radius 3 is 2.61 bits per heavy atom. The standard InChI is InChI=1S/C14H11ClFNO/c15-11-5-1-3-9(7-11)12-6-2-4-10(14(12)16)8-13(17)18/h1-7H,8H2,(H2,17,18). The van der Waals surface area contributed by atoms with Crippen molar-refractivity contribution in [2.24, 2.45) is 5.73 Å². The molecule has 0 radical (unpaired) electrons. The fraction of sp³-hybridized carbons (Fsp3) is 0.0714. The van der Waals surface area contributed by atoms with Gasteiger partial charge in [-0.3, -0.25) is 4.79 Å². The summed E-state index contributed by atoms with van der Waals surface area (Å²) in [5.41, 5.74) is 6.46. The normalized spacial score (nSPS) is 10.3. The number of rotatable bonds is 3. The molecule has 92 valence electrons. The van der Waals surface area contributed by atoms with Crippen molar-refractivity contribution in [2.45, 2.75) is 6.42 Å². The molecule has 1 amide bonds. The SMILES string of the molecule is NC(=O)Cc1cccc(-c2cccc(Cl)c2)c1F. The van der Waals surface area contributed by atoms with E-state index >= 15 is 0 Å². The Hall–Kier alpha value is -1.87. The quantitative estimate of drug-likeness (QED) is 0.908. The van der Waals surface area contributed by atoms with Crippen molar-refractivity contribution in [1.82, 2.24) is 0 Å². The Morgan fingerprint density at radius 2 is 1.94 bits per heavy atom. The first-order valence-corrected chi connectivity index (χ1v) is 5.77. The van der Waals surface area contributed by atoms with Crippen LogP contribution in [0, 0.1) is 5.82 Å². The number of halogens is 2. The fourth-order valence-electron chi connectivity index (χ4n) is 1.78. The van der Waals surface area contributed by atoms with Crippen LogP contribution in [0.1, 0.15) is 5.56 Å². The lowest BCUT2D eigenvalue weighted by Gasteiger charge is -2.07. The molecular weight excluding hydrogens is 253 g/mol. The summed E-state index contributed by atoms with van der Waals surface area (Å²) in [6, 6.07) is 11.8. The highest BCUT2D eigenvalue weighted by Crippen LogP contribution is 2.27. The van der Waals surface area contributed by atoms with Crippen LogP contribution < -0.4 is 5.73 Å². The van der Waals surface area contributed by atoms with E-state index < -0.39 is 11.7 Å². The second kappa shape index (κ2) is 5.19. The molecule has 0 saturated heterocycles. The largest absolute Gasteiger partial charge is 0.369 e. The molecule has 0 aliphatic carbocycles. The van der Waals surface area contributed by atoms with Crippen molar-refractivity contribution in [2.75, 3.05) is 0 Å². The molecule has 0 aromatic heterocycles. The summed E-state index contributed by atoms with van der Waals surface area (Å²) >= 11 is 5.87. The molecule has 2 aromatic rings. The van der Waals surface area contributed by atoms with Crippen LogP contribution in [0.2, 0.25) is 5.02 Å². The van der Waals surface area contributed by atoms with Gasteiger partial charge in [-0.2, -0.15) is 0 Å². The lowest BCUT2D eigenvalue weighted by molar-refractivity contribution is -0.117. The predicted octanol–water partition coefficient (Wildman–Crippen LogP) is 3.17. The maximum atomic E-state index is 14.2. The first kappa shape index (κ1) is 12.6. The zero-order chi connectivity index (χ0) is 13.1. The van der Waals surface area contributed by atoms with E-state index in [1.807, 2.05) is 0 Å². The van der Waals surface area contributed by atoms with Crippen LogP contribution in [-0.4, -0.2) is 5.91 Å². The summed E-state index contributed by atoms with van der Waals surface area (Å²) in [7, 11) is 0. The van der Waals surface area contributed by atoms with Gasteiger partial charge >= 0.3 is 0 Å². The van der Waals surface area contributed by atoms with Gasteiger partial charge < -0.3 is 5.73 Å². The van der Waals surface area contributed by atoms with Gasteiger partial charge in [0.05, 0.1) is 6.42 Å². The van der Waals surface area contributed by atoms with Gasteiger partial charge in [-0.25, -0.2) is 4.39 Å². The molecule has 0 spiro atoms. The van der Waals surface area contributed by atoms with Crippen LogP contribution in [0.3, 0.4) is 0 Å². The number of carbonyl (C=O) groups is 1. The fourth-order valence-corrected chi connectivity index (χ4v) is 1.97. The Balaban J connectivity index is 2.49. The average molecular weight is 264 g/mol. The van der Waals surface area contributed by atoms with Gasteiger partial charge in [0.15, 0.2) is 0 Å². The van der Waals surface area contributed by atoms with Crippen LogP contribution in [0.4, 0.5) is 4.39 Å². The number of nitrogens with two attached hydrogens (primary N) is 1. The molecule has 0 atom stereocenters. The number of hydrogen-bond acceptors (Lipinski definition) is 1. The molecule has 4 heteroatoms.